The number of carboxylic acid groups (broad SMARTS) is 1. The molecule has 1 aliphatic rings. The van der Waals surface area contributed by atoms with Crippen molar-refractivity contribution < 1.29 is 24.9 Å². The summed E-state index contributed by atoms with van der Waals surface area (Å²) in [7, 11) is 0. The van der Waals surface area contributed by atoms with Crippen LogP contribution >= 0.6 is 0 Å². The van der Waals surface area contributed by atoms with Gasteiger partial charge in [-0.1, -0.05) is 12.1 Å². The van der Waals surface area contributed by atoms with Crippen LogP contribution in [0.2, 0.25) is 0 Å². The third-order valence-electron chi connectivity index (χ3n) is 3.15. The van der Waals surface area contributed by atoms with Crippen LogP contribution in [-0.2, 0) is 16.0 Å². The van der Waals surface area contributed by atoms with Crippen LogP contribution in [0.3, 0.4) is 0 Å². The number of carboxylic acids is 1. The Morgan fingerprint density at radius 2 is 2.11 bits per heavy atom. The average molecular weight is 265 g/mol. The topological polar surface area (TPSA) is 98.1 Å². The summed E-state index contributed by atoms with van der Waals surface area (Å²) in [5, 5.41) is 27.8. The minimum atomic E-state index is -1.11. The van der Waals surface area contributed by atoms with E-state index in [2.05, 4.69) is 0 Å². The summed E-state index contributed by atoms with van der Waals surface area (Å²) in [6.45, 7) is 0.0363. The van der Waals surface area contributed by atoms with Crippen molar-refractivity contribution in [3.63, 3.8) is 0 Å². The number of β-amino-alcohol motifs (C(OH)–C–C–N with tert-alkyl or cyclic N) is 1. The molecule has 2 rings (SSSR count). The Balaban J connectivity index is 2.09. The molecule has 0 aliphatic carbocycles. The Kier molecular flexibility index (Phi) is 3.71. The number of aliphatic hydroxyl groups excluding tert-OH is 1. The summed E-state index contributed by atoms with van der Waals surface area (Å²) < 4.78 is 0. The highest BCUT2D eigenvalue weighted by atomic mass is 16.4. The molecule has 0 spiro atoms. The lowest BCUT2D eigenvalue weighted by Gasteiger charge is -2.21. The Bertz CT molecular complexity index is 502. The predicted octanol–water partition coefficient (Wildman–Crippen LogP) is -0.0189. The first-order valence-electron chi connectivity index (χ1n) is 5.95. The number of nitrogens with zero attached hydrogens (tertiary/aromatic N) is 1. The lowest BCUT2D eigenvalue weighted by atomic mass is 10.1. The molecule has 1 saturated heterocycles. The van der Waals surface area contributed by atoms with E-state index in [0.29, 0.717) is 5.56 Å². The molecule has 0 saturated carbocycles. The minimum Gasteiger partial charge on any atom is -0.508 e. The lowest BCUT2D eigenvalue weighted by Crippen LogP contribution is -2.41. The van der Waals surface area contributed by atoms with Crippen LogP contribution < -0.4 is 0 Å². The summed E-state index contributed by atoms with van der Waals surface area (Å²) in [4.78, 5) is 24.3. The maximum atomic E-state index is 12.1. The number of carbonyl (C=O) groups excluding carboxylic acids is 1. The number of aliphatic carboxylic acids is 1. The number of likely N-dealkylation sites (tertiary alicyclic amines) is 1. The van der Waals surface area contributed by atoms with Gasteiger partial charge in [-0.2, -0.15) is 0 Å². The number of rotatable bonds is 3. The smallest absolute Gasteiger partial charge is 0.326 e. The Morgan fingerprint density at radius 3 is 2.74 bits per heavy atom. The van der Waals surface area contributed by atoms with Gasteiger partial charge in [0.1, 0.15) is 11.8 Å². The number of phenolic OH excluding ortho intramolecular Hbond substituents is 1. The van der Waals surface area contributed by atoms with Gasteiger partial charge >= 0.3 is 5.97 Å². The number of hydrogen-bond donors (Lipinski definition) is 3. The summed E-state index contributed by atoms with van der Waals surface area (Å²) in [5.41, 5.74) is 0.607. The van der Waals surface area contributed by atoms with Gasteiger partial charge in [0.2, 0.25) is 5.91 Å². The molecule has 1 aromatic rings. The number of aromatic hydroxyl groups is 1. The highest BCUT2D eigenvalue weighted by Crippen LogP contribution is 2.20. The van der Waals surface area contributed by atoms with Crippen molar-refractivity contribution in [2.24, 2.45) is 0 Å². The third-order valence-corrected chi connectivity index (χ3v) is 3.15. The molecule has 1 heterocycles. The maximum absolute atomic E-state index is 12.1. The van der Waals surface area contributed by atoms with E-state index in [1.807, 2.05) is 0 Å². The molecule has 102 valence electrons. The van der Waals surface area contributed by atoms with E-state index >= 15 is 0 Å². The van der Waals surface area contributed by atoms with Gasteiger partial charge in [-0.15, -0.1) is 0 Å². The van der Waals surface area contributed by atoms with Gasteiger partial charge in [-0.3, -0.25) is 4.79 Å². The molecule has 0 aromatic heterocycles. The number of carbonyl (C=O) groups is 2. The fourth-order valence-electron chi connectivity index (χ4n) is 2.27. The maximum Gasteiger partial charge on any atom is 0.326 e. The van der Waals surface area contributed by atoms with E-state index in [-0.39, 0.29) is 31.0 Å². The van der Waals surface area contributed by atoms with Crippen molar-refractivity contribution in [1.29, 1.82) is 0 Å². The van der Waals surface area contributed by atoms with Gasteiger partial charge in [0.25, 0.3) is 0 Å². The number of phenols is 1. The average Bonchev–Trinajstić information content (AvgIpc) is 2.71. The van der Waals surface area contributed by atoms with Crippen LogP contribution in [0.1, 0.15) is 12.0 Å². The molecule has 1 aromatic carbocycles. The molecule has 3 N–H and O–H groups in total. The molecule has 1 unspecified atom stereocenters. The van der Waals surface area contributed by atoms with E-state index < -0.39 is 18.1 Å². The Hall–Kier alpha value is -2.08. The van der Waals surface area contributed by atoms with Crippen LogP contribution in [0.15, 0.2) is 24.3 Å². The molecule has 1 aliphatic heterocycles. The monoisotopic (exact) mass is 265 g/mol. The SMILES string of the molecule is O=C(O)[C@@H]1CC(O)CN1C(=O)Cc1cccc(O)c1. The summed E-state index contributed by atoms with van der Waals surface area (Å²) in [5.74, 6) is -1.42. The summed E-state index contributed by atoms with van der Waals surface area (Å²) in [6, 6.07) is 5.28. The zero-order valence-corrected chi connectivity index (χ0v) is 10.2. The first kappa shape index (κ1) is 13.4. The van der Waals surface area contributed by atoms with Crippen molar-refractivity contribution in [2.75, 3.05) is 6.54 Å². The second kappa shape index (κ2) is 5.27. The molecule has 2 atom stereocenters. The first-order valence-corrected chi connectivity index (χ1v) is 5.95. The van der Waals surface area contributed by atoms with Crippen molar-refractivity contribution >= 4 is 11.9 Å². The fourth-order valence-corrected chi connectivity index (χ4v) is 2.27. The normalized spacial score (nSPS) is 22.5. The number of aliphatic hydroxyl groups is 1. The van der Waals surface area contributed by atoms with Crippen LogP contribution in [0.5, 0.6) is 5.75 Å². The largest absolute Gasteiger partial charge is 0.508 e. The van der Waals surface area contributed by atoms with E-state index in [1.54, 1.807) is 12.1 Å². The molecule has 1 amide bonds. The van der Waals surface area contributed by atoms with Gasteiger partial charge in [0, 0.05) is 13.0 Å². The van der Waals surface area contributed by atoms with Crippen molar-refractivity contribution in [3.8, 4) is 5.75 Å². The second-order valence-electron chi connectivity index (χ2n) is 4.64. The molecule has 0 bridgehead atoms. The molecular formula is C13H15NO5. The molecular weight excluding hydrogens is 250 g/mol. The summed E-state index contributed by atoms with van der Waals surface area (Å²) >= 11 is 0. The highest BCUT2D eigenvalue weighted by molar-refractivity contribution is 5.85. The zero-order chi connectivity index (χ0) is 14.0. The van der Waals surface area contributed by atoms with Crippen LogP contribution in [-0.4, -0.2) is 50.8 Å². The number of amides is 1. The number of hydrogen-bond acceptors (Lipinski definition) is 4. The third kappa shape index (κ3) is 3.03. The molecule has 6 nitrogen and oxygen atoms in total. The molecule has 19 heavy (non-hydrogen) atoms. The standard InChI is InChI=1S/C13H15NO5/c15-9-3-1-2-8(4-9)5-12(17)14-7-10(16)6-11(14)13(18)19/h1-4,10-11,15-16H,5-7H2,(H,18,19)/t10?,11-/m0/s1. The van der Waals surface area contributed by atoms with Crippen LogP contribution in [0, 0.1) is 0 Å². The molecule has 1 fully saturated rings. The Morgan fingerprint density at radius 1 is 1.37 bits per heavy atom. The predicted molar refractivity (Wildman–Crippen MR) is 65.6 cm³/mol. The van der Waals surface area contributed by atoms with E-state index in [1.165, 1.54) is 17.0 Å². The van der Waals surface area contributed by atoms with Crippen LogP contribution in [0.25, 0.3) is 0 Å². The van der Waals surface area contributed by atoms with Gasteiger partial charge in [-0.25, -0.2) is 4.79 Å². The van der Waals surface area contributed by atoms with Crippen molar-refractivity contribution in [3.05, 3.63) is 29.8 Å². The van der Waals surface area contributed by atoms with Gasteiger partial charge in [0.15, 0.2) is 0 Å². The van der Waals surface area contributed by atoms with E-state index in [4.69, 9.17) is 5.11 Å². The van der Waals surface area contributed by atoms with E-state index in [9.17, 15) is 19.8 Å². The van der Waals surface area contributed by atoms with Crippen molar-refractivity contribution in [1.82, 2.24) is 4.90 Å². The minimum absolute atomic E-state index is 0.00486. The van der Waals surface area contributed by atoms with Gasteiger partial charge in [-0.05, 0) is 17.7 Å². The quantitative estimate of drug-likeness (QED) is 0.713. The second-order valence-corrected chi connectivity index (χ2v) is 4.64. The fraction of sp³-hybridized carbons (Fsp3) is 0.385. The lowest BCUT2D eigenvalue weighted by molar-refractivity contribution is -0.148. The Labute approximate surface area is 109 Å². The number of benzene rings is 1. The van der Waals surface area contributed by atoms with E-state index in [0.717, 1.165) is 0 Å². The van der Waals surface area contributed by atoms with Crippen molar-refractivity contribution in [2.45, 2.75) is 25.0 Å². The molecule has 0 radical (unpaired) electrons. The van der Waals surface area contributed by atoms with Gasteiger partial charge in [0.05, 0.1) is 12.5 Å². The van der Waals surface area contributed by atoms with Gasteiger partial charge < -0.3 is 20.2 Å². The van der Waals surface area contributed by atoms with Crippen LogP contribution in [0.4, 0.5) is 0 Å². The highest BCUT2D eigenvalue weighted by Gasteiger charge is 2.38. The first-order chi connectivity index (χ1) is 8.97. The zero-order valence-electron chi connectivity index (χ0n) is 10.2. The molecule has 6 heteroatoms. The summed E-state index contributed by atoms with van der Waals surface area (Å²) in [6.07, 6.45) is -0.735.